The molecule has 194 valence electrons. The SMILES string of the molecule is CCS(=O)(=O)c1cc(Cl)ccc1C(=O)Nc1ccc(C(F)(C(F)(F)F)C(F)(F)F)cc1C(O)OC. The topological polar surface area (TPSA) is 92.7 Å². The van der Waals surface area contributed by atoms with E-state index in [0.717, 1.165) is 19.2 Å². The summed E-state index contributed by atoms with van der Waals surface area (Å²) < 4.78 is 122. The van der Waals surface area contributed by atoms with E-state index in [1.54, 1.807) is 0 Å². The lowest BCUT2D eigenvalue weighted by molar-refractivity contribution is -0.348. The second-order valence-corrected chi connectivity index (χ2v) is 9.73. The van der Waals surface area contributed by atoms with Crippen molar-refractivity contribution in [1.29, 1.82) is 0 Å². The molecule has 0 aliphatic heterocycles. The van der Waals surface area contributed by atoms with Crippen LogP contribution in [-0.4, -0.2) is 44.6 Å². The first-order chi connectivity index (χ1) is 15.9. The van der Waals surface area contributed by atoms with Gasteiger partial charge in [0.2, 0.25) is 0 Å². The van der Waals surface area contributed by atoms with Crippen molar-refractivity contribution >= 4 is 33.0 Å². The van der Waals surface area contributed by atoms with Crippen molar-refractivity contribution in [2.75, 3.05) is 18.2 Å². The first kappa shape index (κ1) is 28.8. The normalized spacial score (nSPS) is 14.0. The second-order valence-electron chi connectivity index (χ2n) is 7.04. The zero-order chi connectivity index (χ0) is 27.0. The molecule has 2 rings (SSSR count). The van der Waals surface area contributed by atoms with Crippen molar-refractivity contribution in [3.8, 4) is 0 Å². The number of hydrogen-bond donors (Lipinski definition) is 2. The number of anilines is 1. The molecule has 0 aliphatic rings. The predicted molar refractivity (Wildman–Crippen MR) is 110 cm³/mol. The van der Waals surface area contributed by atoms with E-state index in [9.17, 15) is 49.1 Å². The Morgan fingerprint density at radius 3 is 2.11 bits per heavy atom. The van der Waals surface area contributed by atoms with Crippen molar-refractivity contribution in [3.63, 3.8) is 0 Å². The maximum absolute atomic E-state index is 14.5. The summed E-state index contributed by atoms with van der Waals surface area (Å²) in [6, 6.07) is 3.82. The third kappa shape index (κ3) is 5.55. The van der Waals surface area contributed by atoms with Gasteiger partial charge in [-0.2, -0.15) is 26.3 Å². The minimum absolute atomic E-state index is 0.0352. The number of aliphatic hydroxyl groups excluding tert-OH is 1. The number of halogens is 8. The summed E-state index contributed by atoms with van der Waals surface area (Å²) in [5.41, 5.74) is -9.62. The van der Waals surface area contributed by atoms with Crippen LogP contribution in [0.1, 0.15) is 34.7 Å². The lowest BCUT2D eigenvalue weighted by Gasteiger charge is -2.31. The smallest absolute Gasteiger partial charge is 0.364 e. The van der Waals surface area contributed by atoms with Crippen LogP contribution in [0.4, 0.5) is 36.4 Å². The van der Waals surface area contributed by atoms with Crippen LogP contribution in [0.15, 0.2) is 41.3 Å². The maximum Gasteiger partial charge on any atom is 0.435 e. The Labute approximate surface area is 199 Å². The highest BCUT2D eigenvalue weighted by molar-refractivity contribution is 7.91. The largest absolute Gasteiger partial charge is 0.435 e. The molecule has 0 heterocycles. The fourth-order valence-electron chi connectivity index (χ4n) is 3.00. The molecule has 0 aromatic heterocycles. The number of amides is 1. The van der Waals surface area contributed by atoms with E-state index < -0.39 is 73.1 Å². The molecule has 2 N–H and O–H groups in total. The number of nitrogens with one attached hydrogen (secondary N) is 1. The Morgan fingerprint density at radius 1 is 1.06 bits per heavy atom. The number of carbonyl (C=O) groups excluding carboxylic acids is 1. The van der Waals surface area contributed by atoms with Crippen molar-refractivity contribution in [1.82, 2.24) is 0 Å². The van der Waals surface area contributed by atoms with Crippen molar-refractivity contribution in [2.24, 2.45) is 0 Å². The summed E-state index contributed by atoms with van der Waals surface area (Å²) in [5.74, 6) is -1.59. The molecule has 0 aliphatic carbocycles. The van der Waals surface area contributed by atoms with Gasteiger partial charge in [-0.1, -0.05) is 24.6 Å². The minimum atomic E-state index is -6.42. The lowest BCUT2D eigenvalue weighted by atomic mass is 9.92. The van der Waals surface area contributed by atoms with Crippen LogP contribution < -0.4 is 5.32 Å². The number of sulfone groups is 1. The number of ether oxygens (including phenoxy) is 1. The molecule has 2 aromatic rings. The standard InChI is InChI=1S/C20H17ClF7NO5S/c1-3-35(32,33)15-9-11(21)5-6-12(15)16(30)29-14-7-4-10(8-13(14)17(31)34-2)18(22,19(23,24)25)20(26,27)28/h4-9,17,31H,3H2,1-2H3,(H,29,30). The molecular formula is C20H17ClF7NO5S. The van der Waals surface area contributed by atoms with Gasteiger partial charge in [0.1, 0.15) is 0 Å². The van der Waals surface area contributed by atoms with E-state index in [0.29, 0.717) is 6.07 Å². The molecule has 1 amide bonds. The summed E-state index contributed by atoms with van der Waals surface area (Å²) in [4.78, 5) is 12.3. The van der Waals surface area contributed by atoms with Gasteiger partial charge < -0.3 is 15.2 Å². The van der Waals surface area contributed by atoms with Gasteiger partial charge in [0.05, 0.1) is 16.2 Å². The van der Waals surface area contributed by atoms with E-state index >= 15 is 0 Å². The predicted octanol–water partition coefficient (Wildman–Crippen LogP) is 5.31. The van der Waals surface area contributed by atoms with Crippen LogP contribution >= 0.6 is 11.6 Å². The van der Waals surface area contributed by atoms with Crippen molar-refractivity contribution in [3.05, 3.63) is 58.1 Å². The monoisotopic (exact) mass is 551 g/mol. The van der Waals surface area contributed by atoms with Crippen LogP contribution in [-0.2, 0) is 20.2 Å². The molecule has 35 heavy (non-hydrogen) atoms. The van der Waals surface area contributed by atoms with Gasteiger partial charge in [-0.3, -0.25) is 4.79 Å². The Kier molecular flexibility index (Phi) is 8.16. The Balaban J connectivity index is 2.65. The molecule has 6 nitrogen and oxygen atoms in total. The Morgan fingerprint density at radius 2 is 1.63 bits per heavy atom. The van der Waals surface area contributed by atoms with Crippen LogP contribution in [0.2, 0.25) is 5.02 Å². The maximum atomic E-state index is 14.5. The average molecular weight is 552 g/mol. The Hall–Kier alpha value is -2.42. The second kappa shape index (κ2) is 9.91. The Bertz CT molecular complexity index is 1200. The summed E-state index contributed by atoms with van der Waals surface area (Å²) in [7, 11) is -3.16. The summed E-state index contributed by atoms with van der Waals surface area (Å²) >= 11 is 5.80. The van der Waals surface area contributed by atoms with Crippen LogP contribution in [0.25, 0.3) is 0 Å². The molecule has 0 radical (unpaired) electrons. The number of alkyl halides is 7. The molecule has 0 saturated carbocycles. The lowest BCUT2D eigenvalue weighted by Crippen LogP contribution is -2.50. The number of carbonyl (C=O) groups is 1. The highest BCUT2D eigenvalue weighted by Crippen LogP contribution is 2.53. The van der Waals surface area contributed by atoms with Gasteiger partial charge in [-0.15, -0.1) is 0 Å². The number of benzene rings is 2. The number of hydrogen-bond acceptors (Lipinski definition) is 5. The van der Waals surface area contributed by atoms with Gasteiger partial charge >= 0.3 is 18.0 Å². The fraction of sp³-hybridized carbons (Fsp3) is 0.350. The highest BCUT2D eigenvalue weighted by Gasteiger charge is 2.73. The van der Waals surface area contributed by atoms with Gasteiger partial charge in [0, 0.05) is 28.9 Å². The van der Waals surface area contributed by atoms with E-state index in [1.165, 1.54) is 13.0 Å². The zero-order valence-electron chi connectivity index (χ0n) is 17.8. The van der Waals surface area contributed by atoms with Crippen molar-refractivity contribution in [2.45, 2.75) is 36.1 Å². The molecule has 0 spiro atoms. The number of methoxy groups -OCH3 is 1. The van der Waals surface area contributed by atoms with Crippen molar-refractivity contribution < 1.29 is 53.8 Å². The molecule has 1 unspecified atom stereocenters. The van der Waals surface area contributed by atoms with Gasteiger partial charge in [0.25, 0.3) is 5.91 Å². The summed E-state index contributed by atoms with van der Waals surface area (Å²) in [5, 5.41) is 12.0. The summed E-state index contributed by atoms with van der Waals surface area (Å²) in [6.45, 7) is 1.29. The van der Waals surface area contributed by atoms with Gasteiger partial charge in [-0.05, 0) is 30.3 Å². The van der Waals surface area contributed by atoms with Crippen LogP contribution in [0, 0.1) is 0 Å². The average Bonchev–Trinajstić information content (AvgIpc) is 2.76. The molecule has 0 bridgehead atoms. The highest BCUT2D eigenvalue weighted by atomic mass is 35.5. The third-order valence-electron chi connectivity index (χ3n) is 4.87. The summed E-state index contributed by atoms with van der Waals surface area (Å²) in [6.07, 6.45) is -15.0. The first-order valence-corrected chi connectivity index (χ1v) is 11.4. The van der Waals surface area contributed by atoms with E-state index in [-0.39, 0.29) is 17.2 Å². The van der Waals surface area contributed by atoms with Gasteiger partial charge in [-0.25, -0.2) is 12.8 Å². The number of rotatable bonds is 7. The van der Waals surface area contributed by atoms with Crippen LogP contribution in [0.5, 0.6) is 0 Å². The first-order valence-electron chi connectivity index (χ1n) is 9.42. The third-order valence-corrected chi connectivity index (χ3v) is 6.87. The number of aliphatic hydroxyl groups is 1. The molecule has 0 saturated heterocycles. The van der Waals surface area contributed by atoms with E-state index in [2.05, 4.69) is 10.1 Å². The molecule has 0 fully saturated rings. The van der Waals surface area contributed by atoms with E-state index in [4.69, 9.17) is 11.6 Å². The zero-order valence-corrected chi connectivity index (χ0v) is 19.3. The van der Waals surface area contributed by atoms with Crippen LogP contribution in [0.3, 0.4) is 0 Å². The van der Waals surface area contributed by atoms with Gasteiger partial charge in [0.15, 0.2) is 16.1 Å². The molecular weight excluding hydrogens is 535 g/mol. The quantitative estimate of drug-likeness (QED) is 0.359. The molecule has 15 heteroatoms. The van der Waals surface area contributed by atoms with E-state index in [1.807, 2.05) is 0 Å². The molecule has 1 atom stereocenters. The minimum Gasteiger partial charge on any atom is -0.364 e. The fourth-order valence-corrected chi connectivity index (χ4v) is 4.35. The molecule has 2 aromatic carbocycles.